The minimum absolute atomic E-state index is 0.105. The zero-order chi connectivity index (χ0) is 12.4. The summed E-state index contributed by atoms with van der Waals surface area (Å²) in [5.41, 5.74) is 1.56. The highest BCUT2D eigenvalue weighted by Gasteiger charge is 2.48. The van der Waals surface area contributed by atoms with Crippen LogP contribution in [0.4, 0.5) is 0 Å². The molecule has 0 spiro atoms. The summed E-state index contributed by atoms with van der Waals surface area (Å²) in [6.45, 7) is 6.70. The Kier molecular flexibility index (Phi) is 4.23. The number of rotatable bonds is 8. The van der Waals surface area contributed by atoms with E-state index in [1.807, 2.05) is 6.92 Å². The molecule has 1 fully saturated rings. The molecule has 0 aromatic rings. The van der Waals surface area contributed by atoms with Gasteiger partial charge in [0, 0.05) is 12.5 Å². The fourth-order valence-electron chi connectivity index (χ4n) is 2.48. The quantitative estimate of drug-likeness (QED) is 0.402. The summed E-state index contributed by atoms with van der Waals surface area (Å²) in [5, 5.41) is 9.98. The normalized spacial score (nSPS) is 30.1. The molecule has 4 atom stereocenters. The molecule has 1 aliphatic heterocycles. The zero-order valence-electron chi connectivity index (χ0n) is 11.1. The summed E-state index contributed by atoms with van der Waals surface area (Å²) in [4.78, 5) is 0. The first-order valence-corrected chi connectivity index (χ1v) is 6.76. The molecule has 0 saturated carbocycles. The second kappa shape index (κ2) is 5.51. The maximum atomic E-state index is 9.98. The Labute approximate surface area is 104 Å². The van der Waals surface area contributed by atoms with Crippen LogP contribution in [0.15, 0.2) is 11.6 Å². The van der Waals surface area contributed by atoms with E-state index in [4.69, 9.17) is 9.47 Å². The van der Waals surface area contributed by atoms with Crippen molar-refractivity contribution in [2.75, 3.05) is 6.61 Å². The summed E-state index contributed by atoms with van der Waals surface area (Å²) >= 11 is 0. The maximum absolute atomic E-state index is 9.98. The van der Waals surface area contributed by atoms with Crippen molar-refractivity contribution in [2.24, 2.45) is 11.8 Å². The highest BCUT2D eigenvalue weighted by Crippen LogP contribution is 2.40. The molecule has 2 rings (SSSR count). The average Bonchev–Trinajstić information content (AvgIpc) is 3.10. The van der Waals surface area contributed by atoms with E-state index in [0.29, 0.717) is 18.6 Å². The minimum atomic E-state index is -0.685. The van der Waals surface area contributed by atoms with Gasteiger partial charge in [-0.05, 0) is 32.1 Å². The number of aliphatic hydroxyl groups is 1. The predicted octanol–water partition coefficient (Wildman–Crippen LogP) is 2.49. The van der Waals surface area contributed by atoms with Crippen LogP contribution >= 0.6 is 0 Å². The molecule has 0 aromatic carbocycles. The van der Waals surface area contributed by atoms with Crippen LogP contribution in [0.3, 0.4) is 0 Å². The van der Waals surface area contributed by atoms with Crippen molar-refractivity contribution in [1.82, 2.24) is 0 Å². The topological polar surface area (TPSA) is 42.0 Å². The Hall–Kier alpha value is -0.380. The van der Waals surface area contributed by atoms with Crippen LogP contribution in [0, 0.1) is 11.8 Å². The predicted molar refractivity (Wildman–Crippen MR) is 66.6 cm³/mol. The minimum Gasteiger partial charge on any atom is -0.369 e. The molecule has 1 N–H and O–H groups in total. The van der Waals surface area contributed by atoms with Crippen molar-refractivity contribution < 1.29 is 14.6 Å². The third-order valence-electron chi connectivity index (χ3n) is 3.68. The van der Waals surface area contributed by atoms with E-state index in [2.05, 4.69) is 19.9 Å². The first kappa shape index (κ1) is 13.1. The fraction of sp³-hybridized carbons (Fsp3) is 0.857. The van der Waals surface area contributed by atoms with Crippen LogP contribution in [-0.4, -0.2) is 30.2 Å². The molecule has 1 saturated heterocycles. The Bertz CT molecular complexity index is 285. The van der Waals surface area contributed by atoms with Crippen LogP contribution in [0.25, 0.3) is 0 Å². The van der Waals surface area contributed by atoms with E-state index in [9.17, 15) is 5.11 Å². The first-order chi connectivity index (χ1) is 8.13. The molecule has 0 amide bonds. The molecule has 0 radical (unpaired) electrons. The molecule has 98 valence electrons. The summed E-state index contributed by atoms with van der Waals surface area (Å²) in [6, 6.07) is 0. The molecular formula is C14H24O3. The van der Waals surface area contributed by atoms with Gasteiger partial charge in [0.25, 0.3) is 0 Å². The van der Waals surface area contributed by atoms with Gasteiger partial charge in [-0.3, -0.25) is 0 Å². The Morgan fingerprint density at radius 2 is 2.24 bits per heavy atom. The summed E-state index contributed by atoms with van der Waals surface area (Å²) < 4.78 is 11.0. The number of ether oxygens (including phenoxy) is 2. The Balaban J connectivity index is 1.78. The van der Waals surface area contributed by atoms with Crippen molar-refractivity contribution in [3.8, 4) is 0 Å². The van der Waals surface area contributed by atoms with Gasteiger partial charge in [0.15, 0.2) is 6.29 Å². The molecule has 3 nitrogen and oxygen atoms in total. The third kappa shape index (κ3) is 3.54. The van der Waals surface area contributed by atoms with E-state index in [0.717, 1.165) is 12.8 Å². The summed E-state index contributed by atoms with van der Waals surface area (Å²) in [5.74, 6) is 0.486. The van der Waals surface area contributed by atoms with Gasteiger partial charge in [0.1, 0.15) is 0 Å². The second-order valence-electron chi connectivity index (χ2n) is 5.41. The van der Waals surface area contributed by atoms with E-state index in [1.54, 1.807) is 5.57 Å². The molecule has 3 heteroatoms. The van der Waals surface area contributed by atoms with Gasteiger partial charge in [-0.15, -0.1) is 0 Å². The van der Waals surface area contributed by atoms with Gasteiger partial charge in [-0.1, -0.05) is 25.5 Å². The van der Waals surface area contributed by atoms with Crippen LogP contribution in [0.5, 0.6) is 0 Å². The monoisotopic (exact) mass is 240 g/mol. The van der Waals surface area contributed by atoms with Crippen molar-refractivity contribution in [3.05, 3.63) is 11.6 Å². The van der Waals surface area contributed by atoms with E-state index in [1.165, 1.54) is 6.42 Å². The van der Waals surface area contributed by atoms with Crippen LogP contribution in [0.1, 0.15) is 40.0 Å². The maximum Gasteiger partial charge on any atom is 0.160 e. The van der Waals surface area contributed by atoms with Gasteiger partial charge in [-0.2, -0.15) is 0 Å². The van der Waals surface area contributed by atoms with Crippen molar-refractivity contribution in [1.29, 1.82) is 0 Å². The van der Waals surface area contributed by atoms with Crippen LogP contribution in [-0.2, 0) is 9.47 Å². The molecular weight excluding hydrogens is 216 g/mol. The smallest absolute Gasteiger partial charge is 0.160 e. The molecule has 17 heavy (non-hydrogen) atoms. The third-order valence-corrected chi connectivity index (χ3v) is 3.68. The van der Waals surface area contributed by atoms with Crippen molar-refractivity contribution >= 4 is 0 Å². The van der Waals surface area contributed by atoms with Gasteiger partial charge in [0.2, 0.25) is 0 Å². The Morgan fingerprint density at radius 3 is 2.76 bits per heavy atom. The first-order valence-electron chi connectivity index (χ1n) is 6.76. The molecule has 4 unspecified atom stereocenters. The number of aliphatic hydroxyl groups excluding tert-OH is 1. The van der Waals surface area contributed by atoms with Crippen molar-refractivity contribution in [2.45, 2.75) is 58.5 Å². The lowest BCUT2D eigenvalue weighted by Crippen LogP contribution is -2.33. The van der Waals surface area contributed by atoms with Crippen LogP contribution < -0.4 is 0 Å². The van der Waals surface area contributed by atoms with Gasteiger partial charge >= 0.3 is 0 Å². The number of allylic oxidation sites excluding steroid dienone is 2. The van der Waals surface area contributed by atoms with Crippen molar-refractivity contribution in [3.63, 3.8) is 0 Å². The number of hydrogen-bond donors (Lipinski definition) is 1. The van der Waals surface area contributed by atoms with Gasteiger partial charge in [0.05, 0.1) is 12.2 Å². The van der Waals surface area contributed by atoms with E-state index < -0.39 is 6.29 Å². The van der Waals surface area contributed by atoms with E-state index in [-0.39, 0.29) is 12.0 Å². The summed E-state index contributed by atoms with van der Waals surface area (Å²) in [6.07, 6.45) is 5.57. The van der Waals surface area contributed by atoms with E-state index >= 15 is 0 Å². The lowest BCUT2D eigenvalue weighted by atomic mass is 9.89. The molecule has 0 bridgehead atoms. The fourth-order valence-corrected chi connectivity index (χ4v) is 2.48. The largest absolute Gasteiger partial charge is 0.369 e. The Morgan fingerprint density at radius 1 is 1.53 bits per heavy atom. The molecule has 1 heterocycles. The molecule has 1 aliphatic carbocycles. The molecule has 2 aliphatic rings. The highest BCUT2D eigenvalue weighted by molar-refractivity contribution is 5.21. The second-order valence-corrected chi connectivity index (χ2v) is 5.41. The van der Waals surface area contributed by atoms with Gasteiger partial charge < -0.3 is 14.6 Å². The summed E-state index contributed by atoms with van der Waals surface area (Å²) in [7, 11) is 0. The average molecular weight is 240 g/mol. The highest BCUT2D eigenvalue weighted by atomic mass is 16.6. The lowest BCUT2D eigenvalue weighted by Gasteiger charge is -2.24. The number of hydrogen-bond acceptors (Lipinski definition) is 3. The van der Waals surface area contributed by atoms with Crippen LogP contribution in [0.2, 0.25) is 0 Å². The standard InChI is InChI=1S/C14H24O3/c1-4-16-14(15)12(9(2)3)13-11(17-13)8-7-10-5-6-10/h5,9,11-15H,4,6-8H2,1-3H3. The number of epoxide rings is 1. The van der Waals surface area contributed by atoms with Gasteiger partial charge in [-0.25, -0.2) is 0 Å². The SMILES string of the molecule is CCOC(O)C(C(C)C)C1OC1CCC1=CC1. The zero-order valence-corrected chi connectivity index (χ0v) is 11.1. The molecule has 0 aromatic heterocycles. The lowest BCUT2D eigenvalue weighted by molar-refractivity contribution is -0.145.